The molecule has 1 fully saturated rings. The fourth-order valence-corrected chi connectivity index (χ4v) is 3.94. The molecule has 4 rings (SSSR count). The van der Waals surface area contributed by atoms with Crippen molar-refractivity contribution in [3.05, 3.63) is 66.2 Å². The van der Waals surface area contributed by atoms with E-state index in [2.05, 4.69) is 4.90 Å². The fraction of sp³-hybridized carbons (Fsp3) is 0.280. The molecule has 1 aliphatic rings. The lowest BCUT2D eigenvalue weighted by Crippen LogP contribution is -2.37. The van der Waals surface area contributed by atoms with Gasteiger partial charge in [0, 0.05) is 37.1 Å². The molecule has 2 amide bonds. The maximum atomic E-state index is 13.1. The summed E-state index contributed by atoms with van der Waals surface area (Å²) in [6.45, 7) is 1.28. The molecule has 0 spiro atoms. The maximum absolute atomic E-state index is 13.1. The van der Waals surface area contributed by atoms with E-state index in [1.54, 1.807) is 30.3 Å². The summed E-state index contributed by atoms with van der Waals surface area (Å²) < 4.78 is 5.44. The summed E-state index contributed by atoms with van der Waals surface area (Å²) in [5.41, 5.74) is 7.01. The first kappa shape index (κ1) is 22.3. The fourth-order valence-electron chi connectivity index (χ4n) is 3.94. The number of nitrogens with zero attached hydrogens (tertiary/aromatic N) is 3. The molecule has 0 atom stereocenters. The number of para-hydroxylation sites is 2. The predicted octanol–water partition coefficient (Wildman–Crippen LogP) is 2.90. The molecule has 2 aromatic carbocycles. The summed E-state index contributed by atoms with van der Waals surface area (Å²) in [6, 6.07) is 18.3. The standard InChI is InChI=1S/C25H26N4O4/c26-22(30)12-15-29(19-9-2-1-3-10-19)23(31)17-33-25(32)20-16-18-8-4-5-11-21(18)27-24(20)28-13-6-7-14-28/h1-5,8-11,16H,6-7,12-15,17H2,(H2,26,30). The van der Waals surface area contributed by atoms with Crippen LogP contribution in [0.5, 0.6) is 0 Å². The van der Waals surface area contributed by atoms with Crippen LogP contribution in [0.25, 0.3) is 10.9 Å². The Hall–Kier alpha value is -3.94. The highest BCUT2D eigenvalue weighted by Crippen LogP contribution is 2.27. The zero-order valence-corrected chi connectivity index (χ0v) is 18.3. The van der Waals surface area contributed by atoms with E-state index in [9.17, 15) is 14.4 Å². The third kappa shape index (κ3) is 5.28. The second kappa shape index (κ2) is 10.1. The van der Waals surface area contributed by atoms with E-state index in [1.165, 1.54) is 4.90 Å². The summed E-state index contributed by atoms with van der Waals surface area (Å²) in [6.07, 6.45) is 2.07. The zero-order valence-electron chi connectivity index (χ0n) is 18.3. The predicted molar refractivity (Wildman–Crippen MR) is 126 cm³/mol. The third-order valence-electron chi connectivity index (χ3n) is 5.61. The van der Waals surface area contributed by atoms with E-state index in [1.807, 2.05) is 30.3 Å². The Morgan fingerprint density at radius 3 is 2.42 bits per heavy atom. The van der Waals surface area contributed by atoms with Crippen LogP contribution >= 0.6 is 0 Å². The van der Waals surface area contributed by atoms with Crippen LogP contribution in [0, 0.1) is 0 Å². The van der Waals surface area contributed by atoms with Crippen molar-refractivity contribution < 1.29 is 19.1 Å². The topological polar surface area (TPSA) is 106 Å². The van der Waals surface area contributed by atoms with Crippen LogP contribution in [0.4, 0.5) is 11.5 Å². The Labute approximate surface area is 191 Å². The van der Waals surface area contributed by atoms with Gasteiger partial charge in [0.1, 0.15) is 11.4 Å². The smallest absolute Gasteiger partial charge is 0.342 e. The summed E-state index contributed by atoms with van der Waals surface area (Å²) in [7, 11) is 0. The molecule has 0 unspecified atom stereocenters. The van der Waals surface area contributed by atoms with Crippen LogP contribution in [0.3, 0.4) is 0 Å². The van der Waals surface area contributed by atoms with Crippen molar-refractivity contribution in [1.82, 2.24) is 4.98 Å². The number of nitrogens with two attached hydrogens (primary N) is 1. The number of anilines is 2. The van der Waals surface area contributed by atoms with Gasteiger partial charge in [-0.3, -0.25) is 9.59 Å². The van der Waals surface area contributed by atoms with E-state index in [-0.39, 0.29) is 13.0 Å². The second-order valence-corrected chi connectivity index (χ2v) is 7.92. The monoisotopic (exact) mass is 446 g/mol. The summed E-state index contributed by atoms with van der Waals surface area (Å²) in [5, 5.41) is 0.825. The molecule has 3 aromatic rings. The molecule has 33 heavy (non-hydrogen) atoms. The minimum absolute atomic E-state index is 0.00227. The van der Waals surface area contributed by atoms with Gasteiger partial charge in [-0.05, 0) is 37.1 Å². The molecule has 1 saturated heterocycles. The third-order valence-corrected chi connectivity index (χ3v) is 5.61. The van der Waals surface area contributed by atoms with Crippen LogP contribution in [-0.2, 0) is 14.3 Å². The van der Waals surface area contributed by atoms with Crippen molar-refractivity contribution >= 4 is 40.2 Å². The van der Waals surface area contributed by atoms with Gasteiger partial charge in [-0.2, -0.15) is 0 Å². The molecule has 0 saturated carbocycles. The van der Waals surface area contributed by atoms with Crippen LogP contribution in [0.15, 0.2) is 60.7 Å². The lowest BCUT2D eigenvalue weighted by atomic mass is 10.1. The van der Waals surface area contributed by atoms with E-state index in [0.29, 0.717) is 17.1 Å². The number of fused-ring (bicyclic) bond motifs is 1. The van der Waals surface area contributed by atoms with Gasteiger partial charge in [0.25, 0.3) is 5.91 Å². The van der Waals surface area contributed by atoms with Crippen molar-refractivity contribution in [2.24, 2.45) is 5.73 Å². The molecule has 0 aliphatic carbocycles. The van der Waals surface area contributed by atoms with E-state index in [0.717, 1.165) is 36.8 Å². The molecule has 170 valence electrons. The number of amides is 2. The number of carbonyl (C=O) groups is 3. The van der Waals surface area contributed by atoms with Gasteiger partial charge in [0.2, 0.25) is 5.91 Å². The Morgan fingerprint density at radius 2 is 1.70 bits per heavy atom. The first-order chi connectivity index (χ1) is 16.0. The normalized spacial score (nSPS) is 13.2. The molecule has 0 radical (unpaired) electrons. The number of rotatable bonds is 8. The number of ether oxygens (including phenoxy) is 1. The lowest BCUT2D eigenvalue weighted by Gasteiger charge is -2.23. The van der Waals surface area contributed by atoms with Gasteiger partial charge < -0.3 is 20.3 Å². The van der Waals surface area contributed by atoms with E-state index in [4.69, 9.17) is 15.5 Å². The molecule has 1 aromatic heterocycles. The van der Waals surface area contributed by atoms with Crippen LogP contribution in [0.2, 0.25) is 0 Å². The van der Waals surface area contributed by atoms with Gasteiger partial charge in [-0.15, -0.1) is 0 Å². The van der Waals surface area contributed by atoms with Crippen molar-refractivity contribution in [3.8, 4) is 0 Å². The van der Waals surface area contributed by atoms with Gasteiger partial charge in [-0.25, -0.2) is 9.78 Å². The Morgan fingerprint density at radius 1 is 1.00 bits per heavy atom. The highest BCUT2D eigenvalue weighted by molar-refractivity contribution is 6.01. The Bertz CT molecular complexity index is 1160. The minimum atomic E-state index is -0.605. The number of aromatic nitrogens is 1. The number of hydrogen-bond donors (Lipinski definition) is 1. The lowest BCUT2D eigenvalue weighted by molar-refractivity contribution is -0.121. The maximum Gasteiger partial charge on any atom is 0.342 e. The highest BCUT2D eigenvalue weighted by Gasteiger charge is 2.25. The first-order valence-electron chi connectivity index (χ1n) is 11.0. The summed E-state index contributed by atoms with van der Waals surface area (Å²) >= 11 is 0. The van der Waals surface area contributed by atoms with Gasteiger partial charge >= 0.3 is 5.97 Å². The molecular weight excluding hydrogens is 420 g/mol. The Balaban J connectivity index is 1.54. The zero-order chi connectivity index (χ0) is 23.2. The van der Waals surface area contributed by atoms with Gasteiger partial charge in [0.05, 0.1) is 5.52 Å². The van der Waals surface area contributed by atoms with Gasteiger partial charge in [-0.1, -0.05) is 36.4 Å². The number of hydrogen-bond acceptors (Lipinski definition) is 6. The van der Waals surface area contributed by atoms with Crippen molar-refractivity contribution in [2.75, 3.05) is 36.0 Å². The highest BCUT2D eigenvalue weighted by atomic mass is 16.5. The number of carbonyl (C=O) groups excluding carboxylic acids is 3. The van der Waals surface area contributed by atoms with Crippen molar-refractivity contribution in [3.63, 3.8) is 0 Å². The van der Waals surface area contributed by atoms with Crippen molar-refractivity contribution in [2.45, 2.75) is 19.3 Å². The quantitative estimate of drug-likeness (QED) is 0.534. The van der Waals surface area contributed by atoms with Crippen LogP contribution in [-0.4, -0.2) is 49.0 Å². The first-order valence-corrected chi connectivity index (χ1v) is 11.0. The number of pyridine rings is 1. The van der Waals surface area contributed by atoms with Crippen LogP contribution < -0.4 is 15.5 Å². The summed E-state index contributed by atoms with van der Waals surface area (Å²) in [4.78, 5) is 45.4. The average molecular weight is 447 g/mol. The minimum Gasteiger partial charge on any atom is -0.452 e. The van der Waals surface area contributed by atoms with E-state index < -0.39 is 24.4 Å². The largest absolute Gasteiger partial charge is 0.452 e. The van der Waals surface area contributed by atoms with Gasteiger partial charge in [0.15, 0.2) is 6.61 Å². The van der Waals surface area contributed by atoms with E-state index >= 15 is 0 Å². The molecule has 2 heterocycles. The molecule has 8 heteroatoms. The summed E-state index contributed by atoms with van der Waals surface area (Å²) in [5.74, 6) is -0.978. The molecule has 1 aliphatic heterocycles. The second-order valence-electron chi connectivity index (χ2n) is 7.92. The van der Waals surface area contributed by atoms with Crippen LogP contribution in [0.1, 0.15) is 29.6 Å². The van der Waals surface area contributed by atoms with Crippen molar-refractivity contribution in [1.29, 1.82) is 0 Å². The SMILES string of the molecule is NC(=O)CCN(C(=O)COC(=O)c1cc2ccccc2nc1N1CCCC1)c1ccccc1. The molecule has 2 N–H and O–H groups in total. The number of esters is 1. The molecular formula is C25H26N4O4. The molecule has 8 nitrogen and oxygen atoms in total. The number of benzene rings is 2. The average Bonchev–Trinajstić information content (AvgIpc) is 3.37. The number of primary amides is 1. The Kier molecular flexibility index (Phi) is 6.83. The molecule has 0 bridgehead atoms.